The SMILES string of the molecule is Cc1ccc2nc(NC(=O)CSC3=NC(=O)C(=Cc4ccccc4)S3)sc2c1. The largest absolute Gasteiger partial charge is 0.301 e. The molecule has 1 aliphatic rings. The van der Waals surface area contributed by atoms with Gasteiger partial charge in [0.15, 0.2) is 5.13 Å². The van der Waals surface area contributed by atoms with Crippen LogP contribution in [-0.4, -0.2) is 26.9 Å². The Labute approximate surface area is 174 Å². The van der Waals surface area contributed by atoms with Crippen LogP contribution in [0.25, 0.3) is 16.3 Å². The van der Waals surface area contributed by atoms with Gasteiger partial charge in [-0.05, 0) is 36.3 Å². The number of thiazole rings is 1. The van der Waals surface area contributed by atoms with Crippen LogP contribution in [0.2, 0.25) is 0 Å². The molecule has 0 spiro atoms. The van der Waals surface area contributed by atoms with E-state index in [0.717, 1.165) is 21.3 Å². The number of carbonyl (C=O) groups excluding carboxylic acids is 2. The highest BCUT2D eigenvalue weighted by atomic mass is 32.2. The van der Waals surface area contributed by atoms with Gasteiger partial charge >= 0.3 is 0 Å². The van der Waals surface area contributed by atoms with Gasteiger partial charge in [0.2, 0.25) is 5.91 Å². The molecule has 1 N–H and O–H groups in total. The quantitative estimate of drug-likeness (QED) is 0.599. The fourth-order valence-corrected chi connectivity index (χ4v) is 5.30. The molecule has 0 bridgehead atoms. The van der Waals surface area contributed by atoms with E-state index in [4.69, 9.17) is 0 Å². The van der Waals surface area contributed by atoms with Crippen LogP contribution in [0.15, 0.2) is 58.4 Å². The monoisotopic (exact) mass is 425 g/mol. The number of hydrogen-bond donors (Lipinski definition) is 1. The van der Waals surface area contributed by atoms with E-state index in [1.807, 2.05) is 61.5 Å². The molecule has 0 aliphatic carbocycles. The second kappa shape index (κ2) is 8.30. The second-order valence-electron chi connectivity index (χ2n) is 6.03. The number of nitrogens with zero attached hydrogens (tertiary/aromatic N) is 2. The average Bonchev–Trinajstić information content (AvgIpc) is 3.23. The molecule has 8 heteroatoms. The number of benzene rings is 2. The van der Waals surface area contributed by atoms with Crippen molar-refractivity contribution in [2.24, 2.45) is 4.99 Å². The number of anilines is 1. The molecule has 5 nitrogen and oxygen atoms in total. The van der Waals surface area contributed by atoms with Crippen LogP contribution in [0.4, 0.5) is 5.13 Å². The third-order valence-corrected chi connectivity index (χ3v) is 6.88. The lowest BCUT2D eigenvalue weighted by atomic mass is 10.2. The molecule has 3 aromatic rings. The van der Waals surface area contributed by atoms with Gasteiger partial charge in [0.05, 0.1) is 20.9 Å². The van der Waals surface area contributed by atoms with E-state index in [1.54, 1.807) is 0 Å². The third-order valence-electron chi connectivity index (χ3n) is 3.82. The summed E-state index contributed by atoms with van der Waals surface area (Å²) in [7, 11) is 0. The number of hydrogen-bond acceptors (Lipinski definition) is 6. The standard InChI is InChI=1S/C20H15N3O2S3/c1-12-7-8-14-15(9-12)27-19(21-14)22-17(24)11-26-20-23-18(25)16(28-20)10-13-5-3-2-4-6-13/h2-10H,11H2,1H3,(H,21,22,24). The molecule has 2 amide bonds. The Hall–Kier alpha value is -2.42. The predicted octanol–water partition coefficient (Wildman–Crippen LogP) is 4.95. The van der Waals surface area contributed by atoms with Crippen molar-refractivity contribution in [1.82, 2.24) is 4.98 Å². The number of carbonyl (C=O) groups is 2. The van der Waals surface area contributed by atoms with Crippen LogP contribution in [0.3, 0.4) is 0 Å². The minimum atomic E-state index is -0.265. The van der Waals surface area contributed by atoms with Crippen molar-refractivity contribution in [1.29, 1.82) is 0 Å². The lowest BCUT2D eigenvalue weighted by Gasteiger charge is -2.00. The lowest BCUT2D eigenvalue weighted by Crippen LogP contribution is -2.14. The number of thioether (sulfide) groups is 2. The van der Waals surface area contributed by atoms with Gasteiger partial charge in [0, 0.05) is 0 Å². The topological polar surface area (TPSA) is 71.4 Å². The van der Waals surface area contributed by atoms with E-state index in [1.165, 1.54) is 34.9 Å². The van der Waals surface area contributed by atoms with Crippen molar-refractivity contribution in [3.63, 3.8) is 0 Å². The van der Waals surface area contributed by atoms with Gasteiger partial charge in [0.25, 0.3) is 5.91 Å². The first kappa shape index (κ1) is 18.9. The molecule has 1 aliphatic heterocycles. The van der Waals surface area contributed by atoms with E-state index in [2.05, 4.69) is 15.3 Å². The van der Waals surface area contributed by atoms with Crippen molar-refractivity contribution >= 4 is 72.5 Å². The molecule has 0 saturated carbocycles. The van der Waals surface area contributed by atoms with Crippen molar-refractivity contribution in [2.45, 2.75) is 6.92 Å². The number of aliphatic imine (C=N–C) groups is 1. The van der Waals surface area contributed by atoms with Crippen molar-refractivity contribution in [2.75, 3.05) is 11.1 Å². The maximum absolute atomic E-state index is 12.2. The van der Waals surface area contributed by atoms with Gasteiger partial charge < -0.3 is 5.32 Å². The maximum atomic E-state index is 12.2. The van der Waals surface area contributed by atoms with E-state index in [9.17, 15) is 9.59 Å². The molecular weight excluding hydrogens is 410 g/mol. The average molecular weight is 426 g/mol. The zero-order chi connectivity index (χ0) is 19.5. The molecule has 140 valence electrons. The van der Waals surface area contributed by atoms with Gasteiger partial charge in [-0.25, -0.2) is 4.98 Å². The van der Waals surface area contributed by atoms with Gasteiger partial charge in [0.1, 0.15) is 4.38 Å². The van der Waals surface area contributed by atoms with Crippen molar-refractivity contribution < 1.29 is 9.59 Å². The summed E-state index contributed by atoms with van der Waals surface area (Å²) in [4.78, 5) is 33.3. The smallest absolute Gasteiger partial charge is 0.285 e. The summed E-state index contributed by atoms with van der Waals surface area (Å²) < 4.78 is 1.63. The Bertz CT molecular complexity index is 1120. The Morgan fingerprint density at radius 3 is 2.86 bits per heavy atom. The number of nitrogens with one attached hydrogen (secondary N) is 1. The molecule has 0 unspecified atom stereocenters. The highest BCUT2D eigenvalue weighted by Gasteiger charge is 2.23. The second-order valence-corrected chi connectivity index (χ2v) is 9.32. The molecule has 0 radical (unpaired) electrons. The Morgan fingerprint density at radius 1 is 1.21 bits per heavy atom. The summed E-state index contributed by atoms with van der Waals surface area (Å²) in [6.45, 7) is 2.02. The van der Waals surface area contributed by atoms with Crippen LogP contribution in [-0.2, 0) is 9.59 Å². The van der Waals surface area contributed by atoms with Crippen molar-refractivity contribution in [3.8, 4) is 0 Å². The minimum absolute atomic E-state index is 0.169. The Morgan fingerprint density at radius 2 is 2.04 bits per heavy atom. The summed E-state index contributed by atoms with van der Waals surface area (Å²) in [5.74, 6) is -0.262. The molecule has 1 aromatic heterocycles. The van der Waals surface area contributed by atoms with E-state index >= 15 is 0 Å². The Balaban J connectivity index is 1.34. The van der Waals surface area contributed by atoms with Gasteiger partial charge in [-0.3, -0.25) is 9.59 Å². The van der Waals surface area contributed by atoms with Crippen LogP contribution in [0.5, 0.6) is 0 Å². The van der Waals surface area contributed by atoms with Gasteiger partial charge in [-0.2, -0.15) is 4.99 Å². The summed E-state index contributed by atoms with van der Waals surface area (Å²) in [5, 5.41) is 3.40. The predicted molar refractivity (Wildman–Crippen MR) is 120 cm³/mol. The highest BCUT2D eigenvalue weighted by Crippen LogP contribution is 2.34. The summed E-state index contributed by atoms with van der Waals surface area (Å²) in [6, 6.07) is 15.6. The third kappa shape index (κ3) is 4.52. The molecule has 0 saturated heterocycles. The first-order valence-electron chi connectivity index (χ1n) is 8.44. The molecule has 4 rings (SSSR count). The molecule has 2 heterocycles. The minimum Gasteiger partial charge on any atom is -0.301 e. The number of aryl methyl sites for hydroxylation is 1. The van der Waals surface area contributed by atoms with Crippen LogP contribution in [0.1, 0.15) is 11.1 Å². The number of amides is 2. The fraction of sp³-hybridized carbons (Fsp3) is 0.100. The molecule has 2 aromatic carbocycles. The zero-order valence-electron chi connectivity index (χ0n) is 14.8. The van der Waals surface area contributed by atoms with Crippen LogP contribution < -0.4 is 5.32 Å². The molecule has 28 heavy (non-hydrogen) atoms. The van der Waals surface area contributed by atoms with Crippen molar-refractivity contribution in [3.05, 3.63) is 64.6 Å². The Kier molecular flexibility index (Phi) is 5.61. The van der Waals surface area contributed by atoms with E-state index < -0.39 is 0 Å². The summed E-state index contributed by atoms with van der Waals surface area (Å²) in [5.41, 5.74) is 2.98. The molecular formula is C20H15N3O2S3. The van der Waals surface area contributed by atoms with Gasteiger partial charge in [-0.15, -0.1) is 0 Å². The van der Waals surface area contributed by atoms with Crippen LogP contribution in [0, 0.1) is 6.92 Å². The first-order valence-corrected chi connectivity index (χ1v) is 11.1. The molecule has 0 atom stereocenters. The first-order chi connectivity index (χ1) is 13.6. The summed E-state index contributed by atoms with van der Waals surface area (Å²) >= 11 is 4.00. The highest BCUT2D eigenvalue weighted by molar-refractivity contribution is 8.41. The maximum Gasteiger partial charge on any atom is 0.285 e. The summed E-state index contributed by atoms with van der Waals surface area (Å²) in [6.07, 6.45) is 1.81. The van der Waals surface area contributed by atoms with E-state index in [0.29, 0.717) is 14.4 Å². The molecule has 0 fully saturated rings. The number of aromatic nitrogens is 1. The normalized spacial score (nSPS) is 15.2. The zero-order valence-corrected chi connectivity index (χ0v) is 17.3. The van der Waals surface area contributed by atoms with E-state index in [-0.39, 0.29) is 17.6 Å². The lowest BCUT2D eigenvalue weighted by molar-refractivity contribution is -0.114. The van der Waals surface area contributed by atoms with Crippen LogP contribution >= 0.6 is 34.9 Å². The number of rotatable bonds is 4. The fourth-order valence-electron chi connectivity index (χ4n) is 2.52. The number of fused-ring (bicyclic) bond motifs is 1. The van der Waals surface area contributed by atoms with Gasteiger partial charge in [-0.1, -0.05) is 71.3 Å².